The summed E-state index contributed by atoms with van der Waals surface area (Å²) in [6.07, 6.45) is 13.2. The van der Waals surface area contributed by atoms with E-state index in [0.29, 0.717) is 5.56 Å². The zero-order valence-corrected chi connectivity index (χ0v) is 17.3. The first-order valence-corrected chi connectivity index (χ1v) is 10.1. The van der Waals surface area contributed by atoms with Crippen LogP contribution in [0.15, 0.2) is 54.3 Å². The van der Waals surface area contributed by atoms with Crippen LogP contribution in [0.2, 0.25) is 0 Å². The maximum Gasteiger partial charge on any atom is 0.231 e. The highest BCUT2D eigenvalue weighted by molar-refractivity contribution is 5.95. The molecule has 0 aromatic heterocycles. The molecule has 0 saturated carbocycles. The number of hydrogen-bond donors (Lipinski definition) is 2. The number of nitrogens with one attached hydrogen (secondary N) is 2. The standard InChI is InChI=1S/C24H31N3O/c1-5-6-11-21-13-12-20(15-25)14-23(21)27-24(28)19(4)22-16-26-18(3)10-8-7-9-17(22)2/h7-10,12-14,16-19,26H,5-6,11H2,1-4H3,(H,27,28)/b9-7-,10-8-,22-16+. The van der Waals surface area contributed by atoms with Crippen molar-refractivity contribution in [1.82, 2.24) is 5.32 Å². The molecule has 0 saturated heterocycles. The first kappa shape index (κ1) is 21.5. The maximum absolute atomic E-state index is 13.0. The van der Waals surface area contributed by atoms with Crippen molar-refractivity contribution in [3.63, 3.8) is 0 Å². The summed E-state index contributed by atoms with van der Waals surface area (Å²) >= 11 is 0. The predicted octanol–water partition coefficient (Wildman–Crippen LogP) is 5.10. The number of nitriles is 1. The zero-order chi connectivity index (χ0) is 20.5. The number of aryl methyl sites for hydroxylation is 1. The summed E-state index contributed by atoms with van der Waals surface area (Å²) in [6, 6.07) is 7.91. The molecule has 1 aliphatic heterocycles. The van der Waals surface area contributed by atoms with E-state index < -0.39 is 0 Å². The second kappa shape index (κ2) is 10.5. The van der Waals surface area contributed by atoms with Crippen molar-refractivity contribution in [3.05, 3.63) is 65.4 Å². The van der Waals surface area contributed by atoms with Crippen molar-refractivity contribution in [2.75, 3.05) is 5.32 Å². The largest absolute Gasteiger partial charge is 0.385 e. The summed E-state index contributed by atoms with van der Waals surface area (Å²) in [7, 11) is 0. The van der Waals surface area contributed by atoms with E-state index in [2.05, 4.69) is 49.6 Å². The first-order chi connectivity index (χ1) is 13.5. The Labute approximate surface area is 169 Å². The number of amides is 1. The highest BCUT2D eigenvalue weighted by Gasteiger charge is 2.22. The Morgan fingerprint density at radius 2 is 2.04 bits per heavy atom. The van der Waals surface area contributed by atoms with Gasteiger partial charge < -0.3 is 10.6 Å². The maximum atomic E-state index is 13.0. The van der Waals surface area contributed by atoms with Gasteiger partial charge in [0.1, 0.15) is 0 Å². The average molecular weight is 378 g/mol. The molecule has 1 aromatic carbocycles. The highest BCUT2D eigenvalue weighted by Crippen LogP contribution is 2.25. The average Bonchev–Trinajstić information content (AvgIpc) is 2.77. The number of unbranched alkanes of at least 4 members (excludes halogenated alkanes) is 1. The smallest absolute Gasteiger partial charge is 0.231 e. The van der Waals surface area contributed by atoms with Crippen LogP contribution in [-0.4, -0.2) is 11.9 Å². The Balaban J connectivity index is 2.23. The molecule has 2 rings (SSSR count). The molecule has 2 N–H and O–H groups in total. The molecule has 4 nitrogen and oxygen atoms in total. The third-order valence-corrected chi connectivity index (χ3v) is 5.14. The molecule has 1 aliphatic rings. The number of benzene rings is 1. The van der Waals surface area contributed by atoms with E-state index in [-0.39, 0.29) is 23.8 Å². The third kappa shape index (κ3) is 5.85. The predicted molar refractivity (Wildman–Crippen MR) is 116 cm³/mol. The fourth-order valence-electron chi connectivity index (χ4n) is 3.25. The number of carbonyl (C=O) groups is 1. The molecule has 148 valence electrons. The molecule has 4 heteroatoms. The van der Waals surface area contributed by atoms with Gasteiger partial charge in [-0.25, -0.2) is 0 Å². The number of allylic oxidation sites excluding steroid dienone is 3. The van der Waals surface area contributed by atoms with Crippen LogP contribution in [0.25, 0.3) is 0 Å². The lowest BCUT2D eigenvalue weighted by atomic mass is 9.89. The van der Waals surface area contributed by atoms with Crippen LogP contribution in [0.3, 0.4) is 0 Å². The van der Waals surface area contributed by atoms with Gasteiger partial charge in [0.25, 0.3) is 0 Å². The normalized spacial score (nSPS) is 24.2. The van der Waals surface area contributed by atoms with E-state index in [0.717, 1.165) is 36.1 Å². The minimum absolute atomic E-state index is 0.0546. The van der Waals surface area contributed by atoms with Crippen molar-refractivity contribution >= 4 is 11.6 Å². The molecule has 0 fully saturated rings. The molecule has 0 aliphatic carbocycles. The van der Waals surface area contributed by atoms with Gasteiger partial charge in [-0.05, 0) is 62.1 Å². The molecule has 0 radical (unpaired) electrons. The van der Waals surface area contributed by atoms with E-state index >= 15 is 0 Å². The zero-order valence-electron chi connectivity index (χ0n) is 17.3. The van der Waals surface area contributed by atoms with E-state index in [9.17, 15) is 10.1 Å². The molecule has 1 heterocycles. The van der Waals surface area contributed by atoms with Crippen LogP contribution in [-0.2, 0) is 11.2 Å². The van der Waals surface area contributed by atoms with Crippen LogP contribution in [0.4, 0.5) is 5.69 Å². The monoisotopic (exact) mass is 377 g/mol. The molecule has 1 aromatic rings. The summed E-state index contributed by atoms with van der Waals surface area (Å²) in [4.78, 5) is 13.0. The summed E-state index contributed by atoms with van der Waals surface area (Å²) in [5.74, 6) is -0.198. The summed E-state index contributed by atoms with van der Waals surface area (Å²) < 4.78 is 0. The number of anilines is 1. The Morgan fingerprint density at radius 3 is 2.75 bits per heavy atom. The van der Waals surface area contributed by atoms with Gasteiger partial charge in [0, 0.05) is 11.7 Å². The minimum Gasteiger partial charge on any atom is -0.385 e. The van der Waals surface area contributed by atoms with E-state index in [4.69, 9.17) is 0 Å². The number of hydrogen-bond acceptors (Lipinski definition) is 3. The van der Waals surface area contributed by atoms with Gasteiger partial charge in [-0.1, -0.05) is 50.6 Å². The number of carbonyl (C=O) groups excluding carboxylic acids is 1. The second-order valence-corrected chi connectivity index (χ2v) is 7.46. The third-order valence-electron chi connectivity index (χ3n) is 5.14. The van der Waals surface area contributed by atoms with Crippen LogP contribution in [0.1, 0.15) is 51.7 Å². The molecule has 28 heavy (non-hydrogen) atoms. The molecule has 0 spiro atoms. The van der Waals surface area contributed by atoms with E-state index in [1.165, 1.54) is 0 Å². The molecule has 0 bridgehead atoms. The lowest BCUT2D eigenvalue weighted by molar-refractivity contribution is -0.118. The summed E-state index contributed by atoms with van der Waals surface area (Å²) in [5.41, 5.74) is 3.42. The lowest BCUT2D eigenvalue weighted by Gasteiger charge is -2.21. The van der Waals surface area contributed by atoms with Crippen molar-refractivity contribution in [1.29, 1.82) is 5.26 Å². The quantitative estimate of drug-likeness (QED) is 0.725. The molecule has 3 unspecified atom stereocenters. The van der Waals surface area contributed by atoms with Crippen molar-refractivity contribution in [3.8, 4) is 6.07 Å². The number of rotatable bonds is 6. The van der Waals surface area contributed by atoms with Gasteiger partial charge in [0.15, 0.2) is 0 Å². The lowest BCUT2D eigenvalue weighted by Crippen LogP contribution is -2.27. The van der Waals surface area contributed by atoms with Crippen molar-refractivity contribution in [2.45, 2.75) is 53.0 Å². The summed E-state index contributed by atoms with van der Waals surface area (Å²) in [6.45, 7) is 8.25. The van der Waals surface area contributed by atoms with Gasteiger partial charge in [-0.15, -0.1) is 0 Å². The topological polar surface area (TPSA) is 64.9 Å². The Bertz CT molecular complexity index is 814. The van der Waals surface area contributed by atoms with Crippen molar-refractivity contribution < 1.29 is 4.79 Å². The molecular weight excluding hydrogens is 346 g/mol. The fourth-order valence-corrected chi connectivity index (χ4v) is 3.25. The Kier molecular flexibility index (Phi) is 8.07. The summed E-state index contributed by atoms with van der Waals surface area (Å²) in [5, 5.41) is 15.7. The van der Waals surface area contributed by atoms with Crippen LogP contribution < -0.4 is 10.6 Å². The fraction of sp³-hybridized carbons (Fsp3) is 0.417. The molecule has 1 amide bonds. The molecule has 3 atom stereocenters. The second-order valence-electron chi connectivity index (χ2n) is 7.46. The van der Waals surface area contributed by atoms with Gasteiger partial charge in [0.05, 0.1) is 17.6 Å². The van der Waals surface area contributed by atoms with Gasteiger partial charge in [-0.2, -0.15) is 5.26 Å². The Hall–Kier alpha value is -2.80. The minimum atomic E-state index is -0.290. The Morgan fingerprint density at radius 1 is 1.29 bits per heavy atom. The highest BCUT2D eigenvalue weighted by atomic mass is 16.1. The van der Waals surface area contributed by atoms with Gasteiger partial charge >= 0.3 is 0 Å². The number of nitrogens with zero attached hydrogens (tertiary/aromatic N) is 1. The molecular formula is C24H31N3O. The SMILES string of the molecule is CCCCc1ccc(C#N)cc1NC(=O)C(C)/C1=C/NC(C)/C=C\C=C/C1C. The van der Waals surface area contributed by atoms with Crippen molar-refractivity contribution in [2.24, 2.45) is 11.8 Å². The van der Waals surface area contributed by atoms with Gasteiger partial charge in [-0.3, -0.25) is 4.79 Å². The van der Waals surface area contributed by atoms with Crippen LogP contribution >= 0.6 is 0 Å². The van der Waals surface area contributed by atoms with Gasteiger partial charge in [0.2, 0.25) is 5.91 Å². The van der Waals surface area contributed by atoms with Crippen LogP contribution in [0, 0.1) is 23.2 Å². The van der Waals surface area contributed by atoms with Crippen LogP contribution in [0.5, 0.6) is 0 Å². The van der Waals surface area contributed by atoms with E-state index in [1.54, 1.807) is 6.07 Å². The van der Waals surface area contributed by atoms with E-state index in [1.807, 2.05) is 37.4 Å². The first-order valence-electron chi connectivity index (χ1n) is 10.1.